The molecule has 1 rings (SSSR count). The zero-order valence-electron chi connectivity index (χ0n) is 7.33. The van der Waals surface area contributed by atoms with E-state index in [4.69, 9.17) is 15.2 Å². The first kappa shape index (κ1) is 10.8. The summed E-state index contributed by atoms with van der Waals surface area (Å²) < 4.78 is 9.83. The number of ether oxygens (including phenoxy) is 2. The molecule has 5 N–H and O–H groups in total. The molecule has 0 radical (unpaired) electrons. The van der Waals surface area contributed by atoms with E-state index < -0.39 is 30.7 Å². The molecule has 5 atom stereocenters. The molecule has 0 unspecified atom stereocenters. The zero-order chi connectivity index (χ0) is 10.0. The largest absolute Gasteiger partial charge is 0.388 e. The number of hydrogen-bond acceptors (Lipinski definition) is 6. The first-order valence-corrected chi connectivity index (χ1v) is 4.04. The normalized spacial score (nSPS) is 46.4. The molecule has 0 aromatic rings. The van der Waals surface area contributed by atoms with Crippen LogP contribution in [0.2, 0.25) is 0 Å². The van der Waals surface area contributed by atoms with Gasteiger partial charge in [0.2, 0.25) is 0 Å². The highest BCUT2D eigenvalue weighted by molar-refractivity contribution is 4.89. The van der Waals surface area contributed by atoms with E-state index in [0.29, 0.717) is 0 Å². The predicted octanol–water partition coefficient (Wildman–Crippen LogP) is -2.60. The zero-order valence-corrected chi connectivity index (χ0v) is 7.33. The highest BCUT2D eigenvalue weighted by Crippen LogP contribution is 2.20. The fourth-order valence-corrected chi connectivity index (χ4v) is 1.31. The van der Waals surface area contributed by atoms with Gasteiger partial charge in [-0.25, -0.2) is 0 Å². The Morgan fingerprint density at radius 2 is 1.85 bits per heavy atom. The van der Waals surface area contributed by atoms with Crippen molar-refractivity contribution in [2.75, 3.05) is 13.7 Å². The molecule has 1 aliphatic heterocycles. The SMILES string of the molecule is CO[C@H]1O[C@@H](CN)[C@@H](O)[C@@H](O)[C@@H]1O. The predicted molar refractivity (Wildman–Crippen MR) is 42.7 cm³/mol. The minimum Gasteiger partial charge on any atom is -0.388 e. The van der Waals surface area contributed by atoms with Crippen LogP contribution in [-0.4, -0.2) is 59.7 Å². The third-order valence-electron chi connectivity index (χ3n) is 2.13. The highest BCUT2D eigenvalue weighted by atomic mass is 16.7. The maximum absolute atomic E-state index is 9.35. The Bertz CT molecular complexity index is 147. The van der Waals surface area contributed by atoms with Crippen molar-refractivity contribution in [3.63, 3.8) is 0 Å². The molecular formula is C7H15NO5. The highest BCUT2D eigenvalue weighted by Gasteiger charge is 2.43. The standard InChI is InChI=1S/C7H15NO5/c1-12-7-6(11)5(10)4(9)3(2-8)13-7/h3-7,9-11H,2,8H2,1H3/t3-,4+,5+,6-,7-/m0/s1. The van der Waals surface area contributed by atoms with E-state index in [2.05, 4.69) is 0 Å². The molecule has 1 saturated heterocycles. The molecule has 6 heteroatoms. The average molecular weight is 193 g/mol. The summed E-state index contributed by atoms with van der Waals surface area (Å²) in [6, 6.07) is 0. The third kappa shape index (κ3) is 1.98. The van der Waals surface area contributed by atoms with Crippen LogP contribution >= 0.6 is 0 Å². The van der Waals surface area contributed by atoms with Gasteiger partial charge in [-0.05, 0) is 0 Å². The first-order chi connectivity index (χ1) is 6.11. The van der Waals surface area contributed by atoms with Crippen molar-refractivity contribution in [3.05, 3.63) is 0 Å². The Morgan fingerprint density at radius 3 is 2.31 bits per heavy atom. The Kier molecular flexibility index (Phi) is 3.60. The van der Waals surface area contributed by atoms with Crippen LogP contribution < -0.4 is 5.73 Å². The van der Waals surface area contributed by atoms with Crippen molar-refractivity contribution in [1.82, 2.24) is 0 Å². The molecule has 1 fully saturated rings. The number of methoxy groups -OCH3 is 1. The van der Waals surface area contributed by atoms with Gasteiger partial charge >= 0.3 is 0 Å². The minimum atomic E-state index is -1.28. The number of hydrogen-bond donors (Lipinski definition) is 4. The van der Waals surface area contributed by atoms with Gasteiger partial charge in [-0.15, -0.1) is 0 Å². The molecule has 0 bridgehead atoms. The van der Waals surface area contributed by atoms with Crippen LogP contribution in [0.5, 0.6) is 0 Å². The summed E-state index contributed by atoms with van der Waals surface area (Å²) in [6.07, 6.45) is -5.35. The third-order valence-corrected chi connectivity index (χ3v) is 2.13. The second-order valence-corrected chi connectivity index (χ2v) is 2.99. The van der Waals surface area contributed by atoms with Crippen molar-refractivity contribution >= 4 is 0 Å². The van der Waals surface area contributed by atoms with E-state index in [1.54, 1.807) is 0 Å². The smallest absolute Gasteiger partial charge is 0.186 e. The molecular weight excluding hydrogens is 178 g/mol. The van der Waals surface area contributed by atoms with Gasteiger partial charge in [0.1, 0.15) is 24.4 Å². The van der Waals surface area contributed by atoms with Gasteiger partial charge in [0.25, 0.3) is 0 Å². The fraction of sp³-hybridized carbons (Fsp3) is 1.00. The van der Waals surface area contributed by atoms with Crippen LogP contribution in [0, 0.1) is 0 Å². The van der Waals surface area contributed by atoms with Crippen LogP contribution in [0.1, 0.15) is 0 Å². The molecule has 0 aromatic carbocycles. The minimum absolute atomic E-state index is 0.0603. The number of aliphatic hydroxyl groups excluding tert-OH is 3. The summed E-state index contributed by atoms with van der Waals surface area (Å²) in [4.78, 5) is 0. The molecule has 0 spiro atoms. The molecule has 78 valence electrons. The van der Waals surface area contributed by atoms with Crippen LogP contribution in [0.3, 0.4) is 0 Å². The number of nitrogens with two attached hydrogens (primary N) is 1. The first-order valence-electron chi connectivity index (χ1n) is 4.04. The average Bonchev–Trinajstić information content (AvgIpc) is 2.15. The van der Waals surface area contributed by atoms with Gasteiger partial charge in [-0.3, -0.25) is 0 Å². The van der Waals surface area contributed by atoms with Crippen molar-refractivity contribution in [1.29, 1.82) is 0 Å². The van der Waals surface area contributed by atoms with E-state index in [0.717, 1.165) is 0 Å². The Hall–Kier alpha value is -0.240. The van der Waals surface area contributed by atoms with Gasteiger partial charge < -0.3 is 30.5 Å². The summed E-state index contributed by atoms with van der Waals surface area (Å²) in [6.45, 7) is 0.0603. The van der Waals surface area contributed by atoms with Crippen LogP contribution in [0.15, 0.2) is 0 Å². The van der Waals surface area contributed by atoms with E-state index in [-0.39, 0.29) is 6.54 Å². The molecule has 6 nitrogen and oxygen atoms in total. The van der Waals surface area contributed by atoms with Gasteiger partial charge in [0, 0.05) is 13.7 Å². The van der Waals surface area contributed by atoms with Crippen molar-refractivity contribution in [3.8, 4) is 0 Å². The number of rotatable bonds is 2. The lowest BCUT2D eigenvalue weighted by Crippen LogP contribution is -2.59. The summed E-state index contributed by atoms with van der Waals surface area (Å²) in [5.41, 5.74) is 5.28. The van der Waals surface area contributed by atoms with Gasteiger partial charge in [-0.2, -0.15) is 0 Å². The summed E-state index contributed by atoms with van der Waals surface area (Å²) >= 11 is 0. The quantitative estimate of drug-likeness (QED) is 0.383. The second kappa shape index (κ2) is 4.32. The van der Waals surface area contributed by atoms with E-state index in [1.807, 2.05) is 0 Å². The molecule has 13 heavy (non-hydrogen) atoms. The maximum atomic E-state index is 9.35. The molecule has 0 saturated carbocycles. The van der Waals surface area contributed by atoms with E-state index >= 15 is 0 Å². The second-order valence-electron chi connectivity index (χ2n) is 2.99. The van der Waals surface area contributed by atoms with Crippen molar-refractivity contribution in [2.24, 2.45) is 5.73 Å². The van der Waals surface area contributed by atoms with Gasteiger partial charge in [0.05, 0.1) is 0 Å². The monoisotopic (exact) mass is 193 g/mol. The van der Waals surface area contributed by atoms with Crippen LogP contribution in [0.4, 0.5) is 0 Å². The Labute approximate surface area is 75.9 Å². The molecule has 1 heterocycles. The maximum Gasteiger partial charge on any atom is 0.186 e. The van der Waals surface area contributed by atoms with E-state index in [9.17, 15) is 15.3 Å². The number of aliphatic hydroxyl groups is 3. The molecule has 1 aliphatic rings. The molecule has 0 amide bonds. The molecule has 0 aromatic heterocycles. The lowest BCUT2D eigenvalue weighted by molar-refractivity contribution is -0.287. The fourth-order valence-electron chi connectivity index (χ4n) is 1.31. The van der Waals surface area contributed by atoms with Gasteiger partial charge in [0.15, 0.2) is 6.29 Å². The van der Waals surface area contributed by atoms with E-state index in [1.165, 1.54) is 7.11 Å². The Balaban J connectivity index is 2.66. The van der Waals surface area contributed by atoms with Crippen LogP contribution in [0.25, 0.3) is 0 Å². The summed E-state index contributed by atoms with van der Waals surface area (Å²) in [5, 5.41) is 28.0. The van der Waals surface area contributed by atoms with Crippen molar-refractivity contribution < 1.29 is 24.8 Å². The summed E-state index contributed by atoms with van der Waals surface area (Å²) in [7, 11) is 1.34. The topological polar surface area (TPSA) is 105 Å². The van der Waals surface area contributed by atoms with Crippen molar-refractivity contribution in [2.45, 2.75) is 30.7 Å². The summed E-state index contributed by atoms with van der Waals surface area (Å²) in [5.74, 6) is 0. The molecule has 0 aliphatic carbocycles. The Morgan fingerprint density at radius 1 is 1.23 bits per heavy atom. The van der Waals surface area contributed by atoms with Crippen LogP contribution in [-0.2, 0) is 9.47 Å². The lowest BCUT2D eigenvalue weighted by atomic mass is 9.99. The van der Waals surface area contributed by atoms with Gasteiger partial charge in [-0.1, -0.05) is 0 Å². The lowest BCUT2D eigenvalue weighted by Gasteiger charge is -2.39.